The summed E-state index contributed by atoms with van der Waals surface area (Å²) in [5.41, 5.74) is 1.91. The first kappa shape index (κ1) is 16.2. The van der Waals surface area contributed by atoms with Crippen LogP contribution in [0.5, 0.6) is 0 Å². The topological polar surface area (TPSA) is 80.3 Å². The molecule has 1 heterocycles. The van der Waals surface area contributed by atoms with E-state index in [1.54, 1.807) is 0 Å². The zero-order valence-corrected chi connectivity index (χ0v) is 13.5. The van der Waals surface area contributed by atoms with Crippen molar-refractivity contribution in [1.29, 1.82) is 0 Å². The van der Waals surface area contributed by atoms with Gasteiger partial charge in [0, 0.05) is 12.0 Å². The van der Waals surface area contributed by atoms with Gasteiger partial charge in [0.2, 0.25) is 10.0 Å². The lowest BCUT2D eigenvalue weighted by atomic mass is 10.1. The van der Waals surface area contributed by atoms with Crippen LogP contribution in [0.25, 0.3) is 6.08 Å². The van der Waals surface area contributed by atoms with E-state index in [-0.39, 0.29) is 24.0 Å². The lowest BCUT2D eigenvalue weighted by Gasteiger charge is -2.07. The molecule has 1 fully saturated rings. The summed E-state index contributed by atoms with van der Waals surface area (Å²) in [5.74, 6) is 0.0908. The fraction of sp³-hybridized carbons (Fsp3) is 0.429. The molecule has 0 saturated carbocycles. The molecule has 1 saturated heterocycles. The first-order valence-electron chi connectivity index (χ1n) is 6.71. The van der Waals surface area contributed by atoms with Crippen LogP contribution in [0.1, 0.15) is 17.5 Å². The van der Waals surface area contributed by atoms with E-state index >= 15 is 0 Å². The standard InChI is InChI=1S/C14H19NO4S2/c1-12-2-4-13(5-3-12)7-9-21(18,19)15-10-14-6-8-20(16,17)11-14/h2-5,7,9,14-15H,6,8,10-11H2,1H3. The molecule has 1 aromatic carbocycles. The monoisotopic (exact) mass is 329 g/mol. The Morgan fingerprint density at radius 2 is 1.95 bits per heavy atom. The average Bonchev–Trinajstić information content (AvgIpc) is 2.76. The Morgan fingerprint density at radius 1 is 1.29 bits per heavy atom. The Bertz CT molecular complexity index is 719. The molecule has 1 aliphatic rings. The largest absolute Gasteiger partial charge is 0.233 e. The van der Waals surface area contributed by atoms with Crippen molar-refractivity contribution in [3.05, 3.63) is 40.8 Å². The molecular weight excluding hydrogens is 310 g/mol. The zero-order chi connectivity index (χ0) is 15.5. The number of sulfonamides is 1. The summed E-state index contributed by atoms with van der Waals surface area (Å²) < 4.78 is 48.7. The van der Waals surface area contributed by atoms with E-state index in [0.717, 1.165) is 16.5 Å². The number of hydrogen-bond donors (Lipinski definition) is 1. The van der Waals surface area contributed by atoms with E-state index in [1.165, 1.54) is 6.08 Å². The molecule has 0 bridgehead atoms. The maximum Gasteiger partial charge on any atom is 0.233 e. The Labute approximate surface area is 126 Å². The molecule has 1 N–H and O–H groups in total. The van der Waals surface area contributed by atoms with Crippen LogP contribution in [-0.4, -0.2) is 34.9 Å². The van der Waals surface area contributed by atoms with Crippen LogP contribution >= 0.6 is 0 Å². The average molecular weight is 329 g/mol. The van der Waals surface area contributed by atoms with Crippen LogP contribution in [0.2, 0.25) is 0 Å². The number of rotatable bonds is 5. The zero-order valence-electron chi connectivity index (χ0n) is 11.8. The molecule has 21 heavy (non-hydrogen) atoms. The second kappa shape index (κ2) is 6.29. The van der Waals surface area contributed by atoms with Gasteiger partial charge in [-0.3, -0.25) is 0 Å². The van der Waals surface area contributed by atoms with Crippen molar-refractivity contribution in [3.8, 4) is 0 Å². The molecule has 1 atom stereocenters. The van der Waals surface area contributed by atoms with E-state index in [9.17, 15) is 16.8 Å². The maximum atomic E-state index is 11.8. The Morgan fingerprint density at radius 3 is 2.52 bits per heavy atom. The van der Waals surface area contributed by atoms with Gasteiger partial charge in [0.1, 0.15) is 0 Å². The number of sulfone groups is 1. The molecule has 0 radical (unpaired) electrons. The highest BCUT2D eigenvalue weighted by atomic mass is 32.2. The number of aryl methyl sites for hydroxylation is 1. The molecular formula is C14H19NO4S2. The van der Waals surface area contributed by atoms with Gasteiger partial charge < -0.3 is 0 Å². The third kappa shape index (κ3) is 5.26. The van der Waals surface area contributed by atoms with Gasteiger partial charge >= 0.3 is 0 Å². The van der Waals surface area contributed by atoms with Gasteiger partial charge in [-0.05, 0) is 30.9 Å². The molecule has 2 rings (SSSR count). The van der Waals surface area contributed by atoms with Crippen molar-refractivity contribution in [1.82, 2.24) is 4.72 Å². The fourth-order valence-electron chi connectivity index (χ4n) is 2.16. The van der Waals surface area contributed by atoms with Gasteiger partial charge in [-0.25, -0.2) is 21.6 Å². The third-order valence-corrected chi connectivity index (χ3v) is 6.32. The maximum absolute atomic E-state index is 11.8. The summed E-state index contributed by atoms with van der Waals surface area (Å²) in [4.78, 5) is 0. The second-order valence-electron chi connectivity index (χ2n) is 5.38. The van der Waals surface area contributed by atoms with Gasteiger partial charge in [0.25, 0.3) is 0 Å². The van der Waals surface area contributed by atoms with Gasteiger partial charge in [-0.1, -0.05) is 29.8 Å². The summed E-state index contributed by atoms with van der Waals surface area (Å²) in [6.07, 6.45) is 2.04. The summed E-state index contributed by atoms with van der Waals surface area (Å²) >= 11 is 0. The van der Waals surface area contributed by atoms with Crippen molar-refractivity contribution in [2.75, 3.05) is 18.1 Å². The summed E-state index contributed by atoms with van der Waals surface area (Å²) in [6, 6.07) is 7.49. The van der Waals surface area contributed by atoms with Gasteiger partial charge in [-0.2, -0.15) is 0 Å². The van der Waals surface area contributed by atoms with Crippen LogP contribution in [0.15, 0.2) is 29.7 Å². The van der Waals surface area contributed by atoms with Crippen LogP contribution in [0.3, 0.4) is 0 Å². The van der Waals surface area contributed by atoms with Crippen LogP contribution in [-0.2, 0) is 19.9 Å². The SMILES string of the molecule is Cc1ccc(C=CS(=O)(=O)NCC2CCS(=O)(=O)C2)cc1. The van der Waals surface area contributed by atoms with Crippen LogP contribution in [0.4, 0.5) is 0 Å². The molecule has 5 nitrogen and oxygen atoms in total. The predicted molar refractivity (Wildman–Crippen MR) is 83.9 cm³/mol. The summed E-state index contributed by atoms with van der Waals surface area (Å²) in [7, 11) is -6.52. The summed E-state index contributed by atoms with van der Waals surface area (Å²) in [5, 5.41) is 1.11. The normalized spacial score (nSPS) is 21.9. The van der Waals surface area contributed by atoms with E-state index < -0.39 is 19.9 Å². The molecule has 1 aliphatic heterocycles. The highest BCUT2D eigenvalue weighted by Gasteiger charge is 2.28. The van der Waals surface area contributed by atoms with Crippen molar-refractivity contribution in [3.63, 3.8) is 0 Å². The van der Waals surface area contributed by atoms with Crippen molar-refractivity contribution in [2.24, 2.45) is 5.92 Å². The first-order chi connectivity index (χ1) is 9.76. The Kier molecular flexibility index (Phi) is 4.85. The number of benzene rings is 1. The number of hydrogen-bond acceptors (Lipinski definition) is 4. The highest BCUT2D eigenvalue weighted by Crippen LogP contribution is 2.17. The predicted octanol–water partition coefficient (Wildman–Crippen LogP) is 1.32. The van der Waals surface area contributed by atoms with E-state index in [0.29, 0.717) is 6.42 Å². The van der Waals surface area contributed by atoms with Crippen LogP contribution < -0.4 is 4.72 Å². The first-order valence-corrected chi connectivity index (χ1v) is 10.1. The van der Waals surface area contributed by atoms with E-state index in [2.05, 4.69) is 4.72 Å². The molecule has 0 aromatic heterocycles. The molecule has 0 aliphatic carbocycles. The van der Waals surface area contributed by atoms with Gasteiger partial charge in [-0.15, -0.1) is 0 Å². The van der Waals surface area contributed by atoms with Crippen molar-refractivity contribution >= 4 is 25.9 Å². The van der Waals surface area contributed by atoms with Gasteiger partial charge in [0.05, 0.1) is 11.5 Å². The minimum absolute atomic E-state index is 0.0667. The molecule has 116 valence electrons. The molecule has 0 amide bonds. The Hall–Kier alpha value is -1.18. The van der Waals surface area contributed by atoms with Crippen LogP contribution in [0, 0.1) is 12.8 Å². The smallest absolute Gasteiger partial charge is 0.229 e. The molecule has 1 aromatic rings. The summed E-state index contributed by atoms with van der Waals surface area (Å²) in [6.45, 7) is 2.13. The van der Waals surface area contributed by atoms with Gasteiger partial charge in [0.15, 0.2) is 9.84 Å². The quantitative estimate of drug-likeness (QED) is 0.883. The van der Waals surface area contributed by atoms with Crippen molar-refractivity contribution < 1.29 is 16.8 Å². The minimum atomic E-state index is -3.54. The molecule has 7 heteroatoms. The minimum Gasteiger partial charge on any atom is -0.229 e. The van der Waals surface area contributed by atoms with E-state index in [4.69, 9.17) is 0 Å². The fourth-order valence-corrected chi connectivity index (χ4v) is 4.92. The lowest BCUT2D eigenvalue weighted by Crippen LogP contribution is -2.28. The van der Waals surface area contributed by atoms with E-state index in [1.807, 2.05) is 31.2 Å². The highest BCUT2D eigenvalue weighted by molar-refractivity contribution is 7.92. The molecule has 1 unspecified atom stereocenters. The Balaban J connectivity index is 1.91. The lowest BCUT2D eigenvalue weighted by molar-refractivity contribution is 0.549. The number of nitrogens with one attached hydrogen (secondary N) is 1. The third-order valence-electron chi connectivity index (χ3n) is 3.42. The molecule has 0 spiro atoms. The second-order valence-corrected chi connectivity index (χ2v) is 9.26. The van der Waals surface area contributed by atoms with Crippen molar-refractivity contribution in [2.45, 2.75) is 13.3 Å².